The van der Waals surface area contributed by atoms with Crippen LogP contribution in [0.5, 0.6) is 0 Å². The summed E-state index contributed by atoms with van der Waals surface area (Å²) in [4.78, 5) is 24.0. The molecule has 0 bridgehead atoms. The molecule has 1 saturated heterocycles. The summed E-state index contributed by atoms with van der Waals surface area (Å²) >= 11 is 0. The topological polar surface area (TPSA) is 113 Å². The minimum absolute atomic E-state index is 0.00853. The zero-order chi connectivity index (χ0) is 15.9. The van der Waals surface area contributed by atoms with E-state index in [-0.39, 0.29) is 17.9 Å². The molecule has 0 saturated carbocycles. The number of carboxylic acid groups (broad SMARTS) is 1. The number of carbonyl (C=O) groups is 2. The Hall–Kier alpha value is -1.35. The fraction of sp³-hybridized carbons (Fsp3) is 0.833. The van der Waals surface area contributed by atoms with E-state index in [2.05, 4.69) is 5.32 Å². The minimum Gasteiger partial charge on any atom is -0.480 e. The summed E-state index contributed by atoms with van der Waals surface area (Å²) in [6.07, 6.45) is 0.894. The van der Waals surface area contributed by atoms with Crippen molar-refractivity contribution in [2.24, 2.45) is 0 Å². The van der Waals surface area contributed by atoms with Crippen LogP contribution in [0, 0.1) is 0 Å². The minimum atomic E-state index is -3.18. The van der Waals surface area contributed by atoms with Crippen LogP contribution >= 0.6 is 0 Å². The Morgan fingerprint density at radius 2 is 2.14 bits per heavy atom. The van der Waals surface area contributed by atoms with E-state index < -0.39 is 34.4 Å². The predicted molar refractivity (Wildman–Crippen MR) is 75.9 cm³/mol. The van der Waals surface area contributed by atoms with Crippen molar-refractivity contribution < 1.29 is 27.9 Å². The third kappa shape index (κ3) is 6.30. The van der Waals surface area contributed by atoms with E-state index in [0.29, 0.717) is 26.2 Å². The lowest BCUT2D eigenvalue weighted by atomic mass is 10.2. The normalized spacial score (nSPS) is 20.1. The highest BCUT2D eigenvalue weighted by Crippen LogP contribution is 2.17. The van der Waals surface area contributed by atoms with Gasteiger partial charge in [-0.3, -0.25) is 4.79 Å². The number of amides is 2. The quantitative estimate of drug-likeness (QED) is 0.593. The lowest BCUT2D eigenvalue weighted by Gasteiger charge is -2.26. The Morgan fingerprint density at radius 3 is 2.67 bits per heavy atom. The molecular weight excluding hydrogens is 300 g/mol. The number of urea groups is 1. The molecule has 0 radical (unpaired) electrons. The summed E-state index contributed by atoms with van der Waals surface area (Å²) in [5, 5.41) is 11.5. The molecule has 0 aromatic rings. The van der Waals surface area contributed by atoms with Crippen LogP contribution in [0.2, 0.25) is 0 Å². The van der Waals surface area contributed by atoms with Gasteiger partial charge in [-0.2, -0.15) is 0 Å². The summed E-state index contributed by atoms with van der Waals surface area (Å²) < 4.78 is 28.1. The average Bonchev–Trinajstić information content (AvgIpc) is 2.75. The third-order valence-corrected chi connectivity index (χ3v) is 4.91. The molecule has 0 aromatic carbocycles. The number of nitrogens with zero attached hydrogens (tertiary/aromatic N) is 1. The molecule has 1 atom stereocenters. The number of hydrogen-bond donors (Lipinski definition) is 2. The number of ether oxygens (including phenoxy) is 1. The molecule has 1 aliphatic rings. The summed E-state index contributed by atoms with van der Waals surface area (Å²) in [7, 11) is -3.18. The molecule has 0 aliphatic carbocycles. The van der Waals surface area contributed by atoms with Crippen molar-refractivity contribution in [3.05, 3.63) is 0 Å². The predicted octanol–water partition coefficient (Wildman–Crippen LogP) is -0.304. The van der Waals surface area contributed by atoms with Crippen LogP contribution in [0.4, 0.5) is 4.79 Å². The second-order valence-electron chi connectivity index (χ2n) is 4.86. The summed E-state index contributed by atoms with van der Waals surface area (Å²) in [6, 6.07) is -1.12. The first kappa shape index (κ1) is 17.7. The van der Waals surface area contributed by atoms with Crippen LogP contribution in [0.3, 0.4) is 0 Å². The number of rotatable bonds is 8. The van der Waals surface area contributed by atoms with Gasteiger partial charge in [0.25, 0.3) is 0 Å². The van der Waals surface area contributed by atoms with E-state index in [1.807, 2.05) is 6.92 Å². The zero-order valence-corrected chi connectivity index (χ0v) is 12.9. The van der Waals surface area contributed by atoms with Crippen LogP contribution in [-0.2, 0) is 19.4 Å². The van der Waals surface area contributed by atoms with Gasteiger partial charge in [-0.15, -0.1) is 0 Å². The van der Waals surface area contributed by atoms with Crippen molar-refractivity contribution in [1.29, 1.82) is 0 Å². The van der Waals surface area contributed by atoms with Crippen molar-refractivity contribution in [3.8, 4) is 0 Å². The van der Waals surface area contributed by atoms with E-state index in [1.54, 1.807) is 0 Å². The van der Waals surface area contributed by atoms with Gasteiger partial charge in [0.2, 0.25) is 0 Å². The Morgan fingerprint density at radius 1 is 1.43 bits per heavy atom. The van der Waals surface area contributed by atoms with E-state index in [9.17, 15) is 18.0 Å². The van der Waals surface area contributed by atoms with Gasteiger partial charge in [-0.1, -0.05) is 0 Å². The first-order valence-electron chi connectivity index (χ1n) is 6.90. The van der Waals surface area contributed by atoms with Crippen LogP contribution in [0.15, 0.2) is 0 Å². The number of carboxylic acids is 1. The van der Waals surface area contributed by atoms with E-state index in [4.69, 9.17) is 9.84 Å². The van der Waals surface area contributed by atoms with Crippen LogP contribution in [-0.4, -0.2) is 74.3 Å². The van der Waals surface area contributed by atoms with Crippen LogP contribution in [0.25, 0.3) is 0 Å². The molecule has 21 heavy (non-hydrogen) atoms. The van der Waals surface area contributed by atoms with Crippen LogP contribution in [0.1, 0.15) is 19.8 Å². The molecule has 8 nitrogen and oxygen atoms in total. The Labute approximate surface area is 124 Å². The highest BCUT2D eigenvalue weighted by Gasteiger charge is 2.35. The molecule has 2 N–H and O–H groups in total. The molecule has 1 aliphatic heterocycles. The zero-order valence-electron chi connectivity index (χ0n) is 12.1. The largest absolute Gasteiger partial charge is 0.480 e. The summed E-state index contributed by atoms with van der Waals surface area (Å²) in [6.45, 7) is 2.83. The summed E-state index contributed by atoms with van der Waals surface area (Å²) in [5.74, 6) is -1.35. The van der Waals surface area contributed by atoms with Crippen molar-refractivity contribution >= 4 is 21.8 Å². The average molecular weight is 322 g/mol. The maximum absolute atomic E-state index is 12.0. The number of nitrogens with one attached hydrogen (secondary N) is 1. The smallest absolute Gasteiger partial charge is 0.323 e. The van der Waals surface area contributed by atoms with Gasteiger partial charge in [0.1, 0.15) is 6.54 Å². The van der Waals surface area contributed by atoms with Gasteiger partial charge < -0.3 is 20.1 Å². The lowest BCUT2D eigenvalue weighted by Crippen LogP contribution is -2.49. The van der Waals surface area contributed by atoms with E-state index in [1.165, 1.54) is 0 Å². The van der Waals surface area contributed by atoms with Gasteiger partial charge in [-0.05, 0) is 19.8 Å². The third-order valence-electron chi connectivity index (χ3n) is 3.16. The fourth-order valence-corrected chi connectivity index (χ4v) is 3.88. The van der Waals surface area contributed by atoms with Crippen molar-refractivity contribution in [2.45, 2.75) is 25.8 Å². The fourth-order valence-electron chi connectivity index (χ4n) is 2.15. The van der Waals surface area contributed by atoms with Crippen molar-refractivity contribution in [2.75, 3.05) is 37.8 Å². The lowest BCUT2D eigenvalue weighted by molar-refractivity contribution is -0.138. The molecule has 0 spiro atoms. The van der Waals surface area contributed by atoms with Crippen LogP contribution < -0.4 is 5.32 Å². The monoisotopic (exact) mass is 322 g/mol. The maximum atomic E-state index is 12.0. The van der Waals surface area contributed by atoms with Gasteiger partial charge in [-0.25, -0.2) is 13.2 Å². The Balaban J connectivity index is 2.53. The highest BCUT2D eigenvalue weighted by molar-refractivity contribution is 7.91. The molecule has 1 fully saturated rings. The number of sulfone groups is 1. The summed E-state index contributed by atoms with van der Waals surface area (Å²) in [5.41, 5.74) is 0. The highest BCUT2D eigenvalue weighted by atomic mass is 32.2. The van der Waals surface area contributed by atoms with Gasteiger partial charge in [0.05, 0.1) is 11.5 Å². The first-order chi connectivity index (χ1) is 9.85. The molecule has 122 valence electrons. The standard InChI is InChI=1S/C12H22N2O6S/c1-2-20-6-3-5-13-12(17)14(8-11(15)16)10-4-7-21(18,19)9-10/h10H,2-9H2,1H3,(H,13,17)(H,15,16). The SMILES string of the molecule is CCOCCCNC(=O)N(CC(=O)O)C1CCS(=O)(=O)C1. The molecule has 2 amide bonds. The Bertz CT molecular complexity index is 464. The number of carbonyl (C=O) groups excluding carboxylic acids is 1. The molecular formula is C12H22N2O6S. The molecule has 1 heterocycles. The number of aliphatic carboxylic acids is 1. The Kier molecular flexibility index (Phi) is 6.90. The maximum Gasteiger partial charge on any atom is 0.323 e. The second kappa shape index (κ2) is 8.18. The molecule has 1 rings (SSSR count). The molecule has 1 unspecified atom stereocenters. The molecule has 0 aromatic heterocycles. The molecule has 9 heteroatoms. The van der Waals surface area contributed by atoms with Gasteiger partial charge in [0.15, 0.2) is 9.84 Å². The number of hydrogen-bond acceptors (Lipinski definition) is 5. The van der Waals surface area contributed by atoms with E-state index >= 15 is 0 Å². The second-order valence-corrected chi connectivity index (χ2v) is 7.09. The van der Waals surface area contributed by atoms with E-state index in [0.717, 1.165) is 4.90 Å². The first-order valence-corrected chi connectivity index (χ1v) is 8.72. The van der Waals surface area contributed by atoms with Crippen molar-refractivity contribution in [3.63, 3.8) is 0 Å². The van der Waals surface area contributed by atoms with Gasteiger partial charge in [0, 0.05) is 25.8 Å². The van der Waals surface area contributed by atoms with Gasteiger partial charge >= 0.3 is 12.0 Å². The van der Waals surface area contributed by atoms with Crippen molar-refractivity contribution in [1.82, 2.24) is 10.2 Å².